The van der Waals surface area contributed by atoms with E-state index in [9.17, 15) is 0 Å². The molecular formula is C10H18ClN5. The maximum Gasteiger partial charge on any atom is 0.188 e. The Morgan fingerprint density at radius 3 is 2.94 bits per heavy atom. The van der Waals surface area contributed by atoms with Gasteiger partial charge in [0.25, 0.3) is 0 Å². The summed E-state index contributed by atoms with van der Waals surface area (Å²) in [5.41, 5.74) is 0. The molecule has 2 rings (SSSR count). The van der Waals surface area contributed by atoms with Crippen LogP contribution in [0.15, 0.2) is 0 Å². The van der Waals surface area contributed by atoms with Crippen LogP contribution in [0.2, 0.25) is 0 Å². The highest BCUT2D eigenvalue weighted by Gasteiger charge is 2.23. The molecule has 6 heteroatoms. The average Bonchev–Trinajstić information content (AvgIpc) is 2.73. The fourth-order valence-corrected chi connectivity index (χ4v) is 2.65. The second-order valence-corrected chi connectivity index (χ2v) is 4.69. The lowest BCUT2D eigenvalue weighted by molar-refractivity contribution is 0.280. The van der Waals surface area contributed by atoms with Crippen molar-refractivity contribution in [3.8, 4) is 0 Å². The van der Waals surface area contributed by atoms with Crippen molar-refractivity contribution in [2.75, 3.05) is 5.88 Å². The van der Waals surface area contributed by atoms with E-state index in [1.54, 1.807) is 7.05 Å². The maximum absolute atomic E-state index is 5.97. The van der Waals surface area contributed by atoms with Crippen LogP contribution in [0, 0.1) is 5.92 Å². The van der Waals surface area contributed by atoms with Crippen molar-refractivity contribution >= 4 is 11.6 Å². The molecule has 0 bridgehead atoms. The summed E-state index contributed by atoms with van der Waals surface area (Å²) in [5, 5.41) is 15.4. The van der Waals surface area contributed by atoms with E-state index >= 15 is 0 Å². The first-order valence-corrected chi connectivity index (χ1v) is 6.35. The van der Waals surface area contributed by atoms with Crippen LogP contribution in [0.5, 0.6) is 0 Å². The summed E-state index contributed by atoms with van der Waals surface area (Å²) < 4.78 is 0. The summed E-state index contributed by atoms with van der Waals surface area (Å²) in [5.74, 6) is 2.08. The molecule has 90 valence electrons. The number of aromatic nitrogens is 4. The predicted octanol–water partition coefficient (Wildman–Crippen LogP) is 1.10. The Morgan fingerprint density at radius 2 is 2.25 bits per heavy atom. The van der Waals surface area contributed by atoms with Crippen molar-refractivity contribution < 1.29 is 0 Å². The summed E-state index contributed by atoms with van der Waals surface area (Å²) in [6.45, 7) is 0.686. The van der Waals surface area contributed by atoms with Gasteiger partial charge >= 0.3 is 0 Å². The van der Waals surface area contributed by atoms with E-state index in [4.69, 9.17) is 11.6 Å². The van der Waals surface area contributed by atoms with Crippen LogP contribution < -0.4 is 5.32 Å². The van der Waals surface area contributed by atoms with Gasteiger partial charge in [-0.05, 0) is 24.0 Å². The van der Waals surface area contributed by atoms with E-state index in [0.29, 0.717) is 18.5 Å². The first kappa shape index (κ1) is 11.8. The molecular weight excluding hydrogens is 226 g/mol. The van der Waals surface area contributed by atoms with Crippen LogP contribution in [0.1, 0.15) is 31.5 Å². The maximum atomic E-state index is 5.97. The van der Waals surface area contributed by atoms with Gasteiger partial charge in [0.2, 0.25) is 0 Å². The summed E-state index contributed by atoms with van der Waals surface area (Å²) in [4.78, 5) is 1.48. The molecule has 1 aliphatic rings. The molecule has 1 aliphatic carbocycles. The Labute approximate surface area is 101 Å². The number of hydrogen-bond acceptors (Lipinski definition) is 4. The third-order valence-electron chi connectivity index (χ3n) is 3.18. The molecule has 0 spiro atoms. The van der Waals surface area contributed by atoms with E-state index in [-0.39, 0.29) is 0 Å². The van der Waals surface area contributed by atoms with Gasteiger partial charge in [-0.15, -0.1) is 21.8 Å². The lowest BCUT2D eigenvalue weighted by Gasteiger charge is -2.30. The molecule has 5 nitrogen and oxygen atoms in total. The molecule has 1 N–H and O–H groups in total. The van der Waals surface area contributed by atoms with E-state index in [2.05, 4.69) is 20.7 Å². The summed E-state index contributed by atoms with van der Waals surface area (Å²) in [7, 11) is 1.78. The highest BCUT2D eigenvalue weighted by molar-refractivity contribution is 6.18. The van der Waals surface area contributed by atoms with Gasteiger partial charge in [-0.25, -0.2) is 0 Å². The van der Waals surface area contributed by atoms with Crippen molar-refractivity contribution in [1.82, 2.24) is 25.5 Å². The Hall–Kier alpha value is -0.680. The van der Waals surface area contributed by atoms with Crippen LogP contribution in [0.4, 0.5) is 0 Å². The lowest BCUT2D eigenvalue weighted by atomic mass is 9.86. The minimum Gasteiger partial charge on any atom is -0.307 e. The SMILES string of the molecule is Cn1nnc(CNC2CCCCC2CCl)n1. The molecule has 1 aromatic heterocycles. The summed E-state index contributed by atoms with van der Waals surface area (Å²) in [6, 6.07) is 0.509. The van der Waals surface area contributed by atoms with Gasteiger partial charge < -0.3 is 5.32 Å². The summed E-state index contributed by atoms with van der Waals surface area (Å²) in [6.07, 6.45) is 5.03. The highest BCUT2D eigenvalue weighted by atomic mass is 35.5. The molecule has 2 unspecified atom stereocenters. The zero-order chi connectivity index (χ0) is 11.4. The van der Waals surface area contributed by atoms with Crippen molar-refractivity contribution in [3.63, 3.8) is 0 Å². The first-order valence-electron chi connectivity index (χ1n) is 5.82. The zero-order valence-electron chi connectivity index (χ0n) is 9.56. The first-order chi connectivity index (χ1) is 7.79. The van der Waals surface area contributed by atoms with Crippen LogP contribution in [0.25, 0.3) is 0 Å². The molecule has 0 aromatic carbocycles. The van der Waals surface area contributed by atoms with Gasteiger partial charge in [0, 0.05) is 11.9 Å². The number of tetrazole rings is 1. The smallest absolute Gasteiger partial charge is 0.188 e. The number of rotatable bonds is 4. The van der Waals surface area contributed by atoms with E-state index in [1.807, 2.05) is 0 Å². The molecule has 0 amide bonds. The number of halogens is 1. The van der Waals surface area contributed by atoms with Crippen LogP contribution in [-0.2, 0) is 13.6 Å². The summed E-state index contributed by atoms with van der Waals surface area (Å²) >= 11 is 5.97. The lowest BCUT2D eigenvalue weighted by Crippen LogP contribution is -2.39. The third-order valence-corrected chi connectivity index (χ3v) is 3.58. The molecule has 1 fully saturated rings. The van der Waals surface area contributed by atoms with Gasteiger partial charge in [0.1, 0.15) is 0 Å². The minimum atomic E-state index is 0.509. The van der Waals surface area contributed by atoms with Crippen LogP contribution in [-0.4, -0.2) is 32.1 Å². The van der Waals surface area contributed by atoms with Crippen LogP contribution in [0.3, 0.4) is 0 Å². The normalized spacial score (nSPS) is 25.9. The van der Waals surface area contributed by atoms with Gasteiger partial charge in [-0.3, -0.25) is 0 Å². The quantitative estimate of drug-likeness (QED) is 0.805. The zero-order valence-corrected chi connectivity index (χ0v) is 10.3. The van der Waals surface area contributed by atoms with Gasteiger partial charge in [-0.1, -0.05) is 12.8 Å². The van der Waals surface area contributed by atoms with E-state index in [0.717, 1.165) is 11.7 Å². The van der Waals surface area contributed by atoms with Crippen molar-refractivity contribution in [2.45, 2.75) is 38.3 Å². The highest BCUT2D eigenvalue weighted by Crippen LogP contribution is 2.25. The molecule has 16 heavy (non-hydrogen) atoms. The van der Waals surface area contributed by atoms with E-state index < -0.39 is 0 Å². The molecule has 0 saturated heterocycles. The largest absolute Gasteiger partial charge is 0.307 e. The molecule has 1 aromatic rings. The van der Waals surface area contributed by atoms with Crippen molar-refractivity contribution in [3.05, 3.63) is 5.82 Å². The number of alkyl halides is 1. The number of aryl methyl sites for hydroxylation is 1. The second kappa shape index (κ2) is 5.59. The van der Waals surface area contributed by atoms with Gasteiger partial charge in [0.15, 0.2) is 5.82 Å². The Bertz CT molecular complexity index is 327. The molecule has 1 saturated carbocycles. The average molecular weight is 244 g/mol. The third kappa shape index (κ3) is 2.92. The predicted molar refractivity (Wildman–Crippen MR) is 62.1 cm³/mol. The van der Waals surface area contributed by atoms with Crippen LogP contribution >= 0.6 is 11.6 Å². The van der Waals surface area contributed by atoms with Gasteiger partial charge in [-0.2, -0.15) is 4.80 Å². The minimum absolute atomic E-state index is 0.509. The monoisotopic (exact) mass is 243 g/mol. The molecule has 0 aliphatic heterocycles. The number of nitrogens with one attached hydrogen (secondary N) is 1. The van der Waals surface area contributed by atoms with Gasteiger partial charge in [0.05, 0.1) is 13.6 Å². The van der Waals surface area contributed by atoms with Crippen molar-refractivity contribution in [2.24, 2.45) is 13.0 Å². The second-order valence-electron chi connectivity index (χ2n) is 4.38. The standard InChI is InChI=1S/C10H18ClN5/c1-16-14-10(13-15-16)7-12-9-5-3-2-4-8(9)6-11/h8-9,12H,2-7H2,1H3. The molecule has 1 heterocycles. The Morgan fingerprint density at radius 1 is 1.44 bits per heavy atom. The van der Waals surface area contributed by atoms with Crippen molar-refractivity contribution in [1.29, 1.82) is 0 Å². The topological polar surface area (TPSA) is 55.6 Å². The Kier molecular flexibility index (Phi) is 4.12. The number of nitrogens with zero attached hydrogens (tertiary/aromatic N) is 4. The number of hydrogen-bond donors (Lipinski definition) is 1. The fourth-order valence-electron chi connectivity index (χ4n) is 2.28. The molecule has 2 atom stereocenters. The molecule has 0 radical (unpaired) electrons. The fraction of sp³-hybridized carbons (Fsp3) is 0.900. The Balaban J connectivity index is 1.84. The van der Waals surface area contributed by atoms with E-state index in [1.165, 1.54) is 30.5 Å².